The molecular formula is C20H30N2O5S. The Morgan fingerprint density at radius 3 is 2.68 bits per heavy atom. The molecule has 0 radical (unpaired) electrons. The number of sulfone groups is 1. The summed E-state index contributed by atoms with van der Waals surface area (Å²) in [6.07, 6.45) is 2.39. The molecule has 1 saturated heterocycles. The molecule has 1 aromatic carbocycles. The summed E-state index contributed by atoms with van der Waals surface area (Å²) in [4.78, 5) is 14.5. The number of alkyl carbamates (subject to hydrolysis) is 1. The maximum Gasteiger partial charge on any atom is 0.407 e. The number of aliphatic hydroxyl groups is 1. The van der Waals surface area contributed by atoms with Crippen LogP contribution in [0.5, 0.6) is 0 Å². The summed E-state index contributed by atoms with van der Waals surface area (Å²) >= 11 is 0. The number of amides is 1. The number of piperidine rings is 1. The van der Waals surface area contributed by atoms with Gasteiger partial charge in [-0.05, 0) is 63.4 Å². The number of carbonyl (C=O) groups excluding carboxylic acids is 1. The van der Waals surface area contributed by atoms with Crippen molar-refractivity contribution in [1.82, 2.24) is 10.2 Å². The fourth-order valence-electron chi connectivity index (χ4n) is 4.10. The lowest BCUT2D eigenvalue weighted by Gasteiger charge is -2.38. The number of ether oxygens (including phenoxy) is 1. The van der Waals surface area contributed by atoms with Crippen molar-refractivity contribution in [1.29, 1.82) is 0 Å². The molecule has 7 nitrogen and oxygen atoms in total. The zero-order valence-electron chi connectivity index (χ0n) is 16.9. The van der Waals surface area contributed by atoms with Crippen LogP contribution in [-0.2, 0) is 21.0 Å². The second-order valence-electron chi connectivity index (χ2n) is 8.83. The van der Waals surface area contributed by atoms with Crippen LogP contribution in [-0.4, -0.2) is 61.6 Å². The van der Waals surface area contributed by atoms with Crippen LogP contribution in [0.2, 0.25) is 0 Å². The predicted molar refractivity (Wildman–Crippen MR) is 106 cm³/mol. The van der Waals surface area contributed by atoms with Gasteiger partial charge in [0.05, 0.1) is 17.0 Å². The van der Waals surface area contributed by atoms with Crippen LogP contribution in [0, 0.1) is 0 Å². The van der Waals surface area contributed by atoms with Crippen LogP contribution in [0.3, 0.4) is 0 Å². The minimum atomic E-state index is -3.31. The topological polar surface area (TPSA) is 95.9 Å². The molecule has 8 heteroatoms. The van der Waals surface area contributed by atoms with Crippen LogP contribution in [0.25, 0.3) is 0 Å². The van der Waals surface area contributed by atoms with E-state index in [9.17, 15) is 18.3 Å². The Kier molecular flexibility index (Phi) is 5.76. The van der Waals surface area contributed by atoms with Gasteiger partial charge in [-0.1, -0.05) is 6.07 Å². The fourth-order valence-corrected chi connectivity index (χ4v) is 4.76. The van der Waals surface area contributed by atoms with E-state index in [4.69, 9.17) is 4.74 Å². The van der Waals surface area contributed by atoms with Crippen LogP contribution in [0.15, 0.2) is 23.1 Å². The lowest BCUT2D eigenvalue weighted by atomic mass is 9.99. The number of fused-ring (bicyclic) bond motifs is 1. The first-order chi connectivity index (χ1) is 12.9. The number of nitrogens with one attached hydrogen (secondary N) is 1. The monoisotopic (exact) mass is 410 g/mol. The number of likely N-dealkylation sites (tertiary alicyclic amines) is 1. The highest BCUT2D eigenvalue weighted by Crippen LogP contribution is 2.38. The van der Waals surface area contributed by atoms with Crippen LogP contribution >= 0.6 is 0 Å². The van der Waals surface area contributed by atoms with Gasteiger partial charge in [-0.25, -0.2) is 13.2 Å². The third-order valence-electron chi connectivity index (χ3n) is 5.22. The standard InChI is InChI=1S/C20H30N2O5S/c1-20(2,3)27-19(24)21-14-6-5-9-22(12-14)18-16-11-15(28(4,25)26)8-7-13(16)10-17(18)23/h7-8,11,14,17-18,23H,5-6,9-10,12H2,1-4H3,(H,21,24)/t14-,17+,18+/m1/s1. The molecule has 1 amide bonds. The maximum absolute atomic E-state index is 12.1. The number of benzene rings is 1. The van der Waals surface area contributed by atoms with Crippen molar-refractivity contribution in [3.63, 3.8) is 0 Å². The third kappa shape index (κ3) is 4.85. The summed E-state index contributed by atoms with van der Waals surface area (Å²) in [7, 11) is -3.31. The molecule has 1 fully saturated rings. The van der Waals surface area contributed by atoms with Crippen molar-refractivity contribution in [2.75, 3.05) is 19.3 Å². The normalized spacial score (nSPS) is 26.0. The van der Waals surface area contributed by atoms with Gasteiger partial charge in [0.15, 0.2) is 9.84 Å². The van der Waals surface area contributed by atoms with Crippen molar-refractivity contribution in [2.45, 2.75) is 68.7 Å². The second-order valence-corrected chi connectivity index (χ2v) is 10.8. The van der Waals surface area contributed by atoms with Crippen LogP contribution in [0.4, 0.5) is 4.79 Å². The molecule has 1 aliphatic carbocycles. The Bertz CT molecular complexity index is 847. The van der Waals surface area contributed by atoms with Gasteiger partial charge in [0, 0.05) is 25.3 Å². The third-order valence-corrected chi connectivity index (χ3v) is 6.33. The molecule has 156 valence electrons. The van der Waals surface area contributed by atoms with Gasteiger partial charge in [-0.2, -0.15) is 0 Å². The molecular weight excluding hydrogens is 380 g/mol. The Hall–Kier alpha value is -1.64. The van der Waals surface area contributed by atoms with Crippen LogP contribution < -0.4 is 5.32 Å². The van der Waals surface area contributed by atoms with Gasteiger partial charge >= 0.3 is 6.09 Å². The van der Waals surface area contributed by atoms with E-state index in [0.29, 0.717) is 13.0 Å². The zero-order valence-corrected chi connectivity index (χ0v) is 17.8. The Morgan fingerprint density at radius 1 is 1.32 bits per heavy atom. The largest absolute Gasteiger partial charge is 0.444 e. The minimum Gasteiger partial charge on any atom is -0.444 e. The second kappa shape index (κ2) is 7.65. The zero-order chi connectivity index (χ0) is 20.7. The molecule has 3 atom stereocenters. The van der Waals surface area contributed by atoms with Crippen molar-refractivity contribution >= 4 is 15.9 Å². The van der Waals surface area contributed by atoms with Gasteiger partial charge < -0.3 is 15.2 Å². The van der Waals surface area contributed by atoms with Gasteiger partial charge in [-0.15, -0.1) is 0 Å². The Labute approximate surface area is 167 Å². The minimum absolute atomic E-state index is 0.0714. The molecule has 0 spiro atoms. The Balaban J connectivity index is 1.76. The van der Waals surface area contributed by atoms with Crippen molar-refractivity contribution in [2.24, 2.45) is 0 Å². The first-order valence-corrected chi connectivity index (χ1v) is 11.6. The van der Waals surface area contributed by atoms with Crippen LogP contribution in [0.1, 0.15) is 50.8 Å². The van der Waals surface area contributed by atoms with Gasteiger partial charge in [0.25, 0.3) is 0 Å². The van der Waals surface area contributed by atoms with Gasteiger partial charge in [0.2, 0.25) is 0 Å². The lowest BCUT2D eigenvalue weighted by Crippen LogP contribution is -2.50. The summed E-state index contributed by atoms with van der Waals surface area (Å²) in [5.41, 5.74) is 1.29. The number of carbonyl (C=O) groups is 1. The number of hydrogen-bond acceptors (Lipinski definition) is 6. The molecule has 2 N–H and O–H groups in total. The highest BCUT2D eigenvalue weighted by molar-refractivity contribution is 7.90. The van der Waals surface area contributed by atoms with E-state index in [0.717, 1.165) is 30.5 Å². The number of nitrogens with zero attached hydrogens (tertiary/aromatic N) is 1. The molecule has 2 aliphatic rings. The number of hydrogen-bond donors (Lipinski definition) is 2. The van der Waals surface area contributed by atoms with E-state index in [1.807, 2.05) is 20.8 Å². The molecule has 28 heavy (non-hydrogen) atoms. The highest BCUT2D eigenvalue weighted by atomic mass is 32.2. The summed E-state index contributed by atoms with van der Waals surface area (Å²) in [5, 5.41) is 13.6. The Morgan fingerprint density at radius 2 is 2.04 bits per heavy atom. The first kappa shape index (κ1) is 21.1. The predicted octanol–water partition coefficient (Wildman–Crippen LogP) is 2.04. The molecule has 3 rings (SSSR count). The molecule has 0 aromatic heterocycles. The smallest absolute Gasteiger partial charge is 0.407 e. The van der Waals surface area contributed by atoms with Crippen molar-refractivity contribution in [3.05, 3.63) is 29.3 Å². The number of aliphatic hydroxyl groups excluding tert-OH is 1. The molecule has 1 aromatic rings. The summed E-state index contributed by atoms with van der Waals surface area (Å²) < 4.78 is 29.2. The van der Waals surface area contributed by atoms with Gasteiger partial charge in [0.1, 0.15) is 5.60 Å². The molecule has 1 heterocycles. The van der Waals surface area contributed by atoms with E-state index in [2.05, 4.69) is 10.2 Å². The SMILES string of the molecule is CC(C)(C)OC(=O)N[C@@H]1CCCN([C@H]2c3cc(S(C)(=O)=O)ccc3C[C@@H]2O)C1. The van der Waals surface area contributed by atoms with Gasteiger partial charge in [-0.3, -0.25) is 4.90 Å². The lowest BCUT2D eigenvalue weighted by molar-refractivity contribution is 0.0302. The quantitative estimate of drug-likeness (QED) is 0.792. The average Bonchev–Trinajstić information content (AvgIpc) is 2.87. The fraction of sp³-hybridized carbons (Fsp3) is 0.650. The van der Waals surface area contributed by atoms with E-state index in [1.165, 1.54) is 6.26 Å². The van der Waals surface area contributed by atoms with E-state index >= 15 is 0 Å². The van der Waals surface area contributed by atoms with E-state index in [1.54, 1.807) is 18.2 Å². The molecule has 0 bridgehead atoms. The molecule has 0 saturated carbocycles. The summed E-state index contributed by atoms with van der Waals surface area (Å²) in [6, 6.07) is 4.76. The van der Waals surface area contributed by atoms with Crippen molar-refractivity contribution in [3.8, 4) is 0 Å². The number of rotatable bonds is 3. The average molecular weight is 411 g/mol. The molecule has 1 aliphatic heterocycles. The van der Waals surface area contributed by atoms with E-state index in [-0.39, 0.29) is 17.0 Å². The summed E-state index contributed by atoms with van der Waals surface area (Å²) in [5.74, 6) is 0. The molecule has 0 unspecified atom stereocenters. The maximum atomic E-state index is 12.1. The first-order valence-electron chi connectivity index (χ1n) is 9.68. The summed E-state index contributed by atoms with van der Waals surface area (Å²) in [6.45, 7) is 6.85. The highest BCUT2D eigenvalue weighted by Gasteiger charge is 2.38. The van der Waals surface area contributed by atoms with Crippen molar-refractivity contribution < 1.29 is 23.1 Å². The van der Waals surface area contributed by atoms with E-state index < -0.39 is 27.6 Å².